The lowest BCUT2D eigenvalue weighted by molar-refractivity contribution is -0.274. The van der Waals surface area contributed by atoms with Crippen LogP contribution in [0.2, 0.25) is 0 Å². The lowest BCUT2D eigenvalue weighted by atomic mass is 10.1. The highest BCUT2D eigenvalue weighted by Crippen LogP contribution is 2.32. The number of benzene rings is 1. The summed E-state index contributed by atoms with van der Waals surface area (Å²) >= 11 is 0. The number of alkyl halides is 3. The average molecular weight is 437 g/mol. The van der Waals surface area contributed by atoms with Gasteiger partial charge in [-0.15, -0.1) is 13.2 Å². The first-order chi connectivity index (χ1) is 14.7. The molecule has 3 rings (SSSR count). The third kappa shape index (κ3) is 6.26. The molecule has 0 saturated heterocycles. The van der Waals surface area contributed by atoms with Crippen molar-refractivity contribution in [2.45, 2.75) is 57.6 Å². The predicted octanol–water partition coefficient (Wildman–Crippen LogP) is 4.80. The molecule has 0 amide bonds. The molecule has 0 spiro atoms. The number of nitrogens with zero attached hydrogens (tertiary/aromatic N) is 4. The van der Waals surface area contributed by atoms with E-state index in [9.17, 15) is 13.2 Å². The molecule has 2 unspecified atom stereocenters. The monoisotopic (exact) mass is 436 g/mol. The van der Waals surface area contributed by atoms with Gasteiger partial charge in [0, 0.05) is 31.4 Å². The molecule has 2 atom stereocenters. The van der Waals surface area contributed by atoms with E-state index in [0.29, 0.717) is 25.0 Å². The summed E-state index contributed by atoms with van der Waals surface area (Å²) in [5.74, 6) is -0.189. The minimum absolute atomic E-state index is 0.189. The van der Waals surface area contributed by atoms with Gasteiger partial charge in [-0.2, -0.15) is 0 Å². The Balaban J connectivity index is 1.75. The fourth-order valence-electron chi connectivity index (χ4n) is 4.20. The van der Waals surface area contributed by atoms with Crippen molar-refractivity contribution in [1.29, 1.82) is 0 Å². The van der Waals surface area contributed by atoms with Gasteiger partial charge in [0.15, 0.2) is 0 Å². The standard InChI is InChI=1S/C23H31F3N4O/c1-5-29-15-22(27-16-29)17(2)30(20-10-9-19(14-20)28(3)4)12-11-18-7-6-8-21(13-18)31-23(24,25)26/h6-8,13,15-16,19-20H,2,5,9-12,14H2,1,3-4H3. The fourth-order valence-corrected chi connectivity index (χ4v) is 4.20. The first-order valence-corrected chi connectivity index (χ1v) is 10.6. The summed E-state index contributed by atoms with van der Waals surface area (Å²) in [7, 11) is 4.20. The maximum atomic E-state index is 12.6. The second-order valence-electron chi connectivity index (χ2n) is 8.26. The molecular weight excluding hydrogens is 405 g/mol. The summed E-state index contributed by atoms with van der Waals surface area (Å²) in [6, 6.07) is 7.03. The third-order valence-corrected chi connectivity index (χ3v) is 5.96. The lowest BCUT2D eigenvalue weighted by Gasteiger charge is -2.33. The van der Waals surface area contributed by atoms with Gasteiger partial charge < -0.3 is 19.1 Å². The van der Waals surface area contributed by atoms with Gasteiger partial charge >= 0.3 is 6.36 Å². The summed E-state index contributed by atoms with van der Waals surface area (Å²) in [6.07, 6.45) is 2.87. The van der Waals surface area contributed by atoms with Crippen LogP contribution >= 0.6 is 0 Å². The Hall–Kier alpha value is -2.48. The Labute approximate surface area is 182 Å². The smallest absolute Gasteiger partial charge is 0.406 e. The van der Waals surface area contributed by atoms with Crippen molar-refractivity contribution >= 4 is 5.70 Å². The van der Waals surface area contributed by atoms with E-state index in [2.05, 4.69) is 47.1 Å². The molecule has 2 aromatic rings. The van der Waals surface area contributed by atoms with Gasteiger partial charge in [-0.1, -0.05) is 18.7 Å². The third-order valence-electron chi connectivity index (χ3n) is 5.96. The minimum Gasteiger partial charge on any atom is -0.406 e. The first-order valence-electron chi connectivity index (χ1n) is 10.6. The molecule has 170 valence electrons. The average Bonchev–Trinajstić information content (AvgIpc) is 3.37. The molecule has 1 aliphatic carbocycles. The SMILES string of the molecule is C=C(c1cn(CC)cn1)N(CCc1cccc(OC(F)(F)F)c1)C1CCC(N(C)C)C1. The summed E-state index contributed by atoms with van der Waals surface area (Å²) in [5.41, 5.74) is 2.49. The molecule has 1 aliphatic rings. The van der Waals surface area contributed by atoms with E-state index < -0.39 is 6.36 Å². The number of halogens is 3. The van der Waals surface area contributed by atoms with Crippen LogP contribution in [0.1, 0.15) is 37.4 Å². The number of aryl methyl sites for hydroxylation is 1. The highest BCUT2D eigenvalue weighted by Gasteiger charge is 2.32. The van der Waals surface area contributed by atoms with Gasteiger partial charge in [0.2, 0.25) is 0 Å². The molecule has 8 heteroatoms. The van der Waals surface area contributed by atoms with Gasteiger partial charge in [-0.05, 0) is 64.4 Å². The molecule has 0 radical (unpaired) electrons. The topological polar surface area (TPSA) is 33.5 Å². The lowest BCUT2D eigenvalue weighted by Crippen LogP contribution is -2.35. The van der Waals surface area contributed by atoms with Crippen LogP contribution in [0, 0.1) is 0 Å². The Morgan fingerprint density at radius 2 is 2.00 bits per heavy atom. The van der Waals surface area contributed by atoms with Gasteiger partial charge in [-0.25, -0.2) is 4.98 Å². The molecule has 0 N–H and O–H groups in total. The Kier molecular flexibility index (Phi) is 7.30. The van der Waals surface area contributed by atoms with E-state index in [0.717, 1.165) is 42.8 Å². The van der Waals surface area contributed by atoms with E-state index in [-0.39, 0.29) is 5.75 Å². The molecular formula is C23H31F3N4O. The number of aromatic nitrogens is 2. The number of hydrogen-bond donors (Lipinski definition) is 0. The van der Waals surface area contributed by atoms with Crippen LogP contribution in [-0.2, 0) is 13.0 Å². The summed E-state index contributed by atoms with van der Waals surface area (Å²) in [4.78, 5) is 9.04. The Bertz CT molecular complexity index is 878. The van der Waals surface area contributed by atoms with Crippen molar-refractivity contribution < 1.29 is 17.9 Å². The van der Waals surface area contributed by atoms with Crippen LogP contribution in [0.15, 0.2) is 43.4 Å². The van der Waals surface area contributed by atoms with Crippen molar-refractivity contribution in [3.05, 3.63) is 54.6 Å². The molecule has 1 aromatic carbocycles. The summed E-state index contributed by atoms with van der Waals surface area (Å²) in [6.45, 7) is 7.87. The maximum Gasteiger partial charge on any atom is 0.573 e. The van der Waals surface area contributed by atoms with Gasteiger partial charge in [0.05, 0.1) is 12.0 Å². The van der Waals surface area contributed by atoms with Crippen molar-refractivity contribution in [3.8, 4) is 5.75 Å². The molecule has 1 saturated carbocycles. The number of hydrogen-bond acceptors (Lipinski definition) is 4. The summed E-state index contributed by atoms with van der Waals surface area (Å²) in [5, 5.41) is 0. The second-order valence-corrected chi connectivity index (χ2v) is 8.26. The van der Waals surface area contributed by atoms with E-state index >= 15 is 0 Å². The number of ether oxygens (including phenoxy) is 1. The predicted molar refractivity (Wildman–Crippen MR) is 116 cm³/mol. The van der Waals surface area contributed by atoms with Crippen LogP contribution < -0.4 is 4.74 Å². The Morgan fingerprint density at radius 1 is 1.26 bits per heavy atom. The second kappa shape index (κ2) is 9.77. The van der Waals surface area contributed by atoms with Gasteiger partial charge in [-0.3, -0.25) is 0 Å². The first kappa shape index (κ1) is 23.2. The molecule has 31 heavy (non-hydrogen) atoms. The maximum absolute atomic E-state index is 12.6. The molecule has 0 aliphatic heterocycles. The van der Waals surface area contributed by atoms with Crippen LogP contribution in [0.5, 0.6) is 5.75 Å². The van der Waals surface area contributed by atoms with E-state index in [1.54, 1.807) is 12.4 Å². The quantitative estimate of drug-likeness (QED) is 0.566. The zero-order chi connectivity index (χ0) is 22.6. The van der Waals surface area contributed by atoms with E-state index in [1.165, 1.54) is 12.1 Å². The fraction of sp³-hybridized carbons (Fsp3) is 0.522. The summed E-state index contributed by atoms with van der Waals surface area (Å²) < 4.78 is 43.8. The van der Waals surface area contributed by atoms with Crippen LogP contribution in [0.4, 0.5) is 13.2 Å². The van der Waals surface area contributed by atoms with Crippen LogP contribution in [-0.4, -0.2) is 58.4 Å². The Morgan fingerprint density at radius 3 is 2.61 bits per heavy atom. The highest BCUT2D eigenvalue weighted by molar-refractivity contribution is 5.58. The normalized spacial score (nSPS) is 19.1. The van der Waals surface area contributed by atoms with Crippen LogP contribution in [0.3, 0.4) is 0 Å². The molecule has 1 fully saturated rings. The van der Waals surface area contributed by atoms with Crippen molar-refractivity contribution in [2.24, 2.45) is 0 Å². The zero-order valence-electron chi connectivity index (χ0n) is 18.4. The molecule has 0 bridgehead atoms. The van der Waals surface area contributed by atoms with Crippen molar-refractivity contribution in [1.82, 2.24) is 19.4 Å². The zero-order valence-corrected chi connectivity index (χ0v) is 18.4. The largest absolute Gasteiger partial charge is 0.573 e. The van der Waals surface area contributed by atoms with Crippen LogP contribution in [0.25, 0.3) is 5.70 Å². The van der Waals surface area contributed by atoms with Gasteiger partial charge in [0.25, 0.3) is 0 Å². The highest BCUT2D eigenvalue weighted by atomic mass is 19.4. The number of rotatable bonds is 9. The van der Waals surface area contributed by atoms with Crippen molar-refractivity contribution in [3.63, 3.8) is 0 Å². The van der Waals surface area contributed by atoms with Gasteiger partial charge in [0.1, 0.15) is 11.4 Å². The molecule has 1 heterocycles. The minimum atomic E-state index is -4.69. The number of imidazole rings is 1. The molecule has 1 aromatic heterocycles. The van der Waals surface area contributed by atoms with E-state index in [4.69, 9.17) is 0 Å². The van der Waals surface area contributed by atoms with E-state index in [1.807, 2.05) is 16.8 Å². The van der Waals surface area contributed by atoms with Crippen molar-refractivity contribution in [2.75, 3.05) is 20.6 Å². The molecule has 5 nitrogen and oxygen atoms in total.